The first kappa shape index (κ1) is 18.3. The molecule has 0 aromatic heterocycles. The average molecular weight is 303 g/mol. The number of carbonyl (C=O) groups excluding carboxylic acids is 1. The fourth-order valence-electron chi connectivity index (χ4n) is 2.22. The summed E-state index contributed by atoms with van der Waals surface area (Å²) in [6, 6.07) is 8.06. The second-order valence-electron chi connectivity index (χ2n) is 5.78. The third-order valence-electron chi connectivity index (χ3n) is 3.69. The highest BCUT2D eigenvalue weighted by atomic mass is 16.5. The van der Waals surface area contributed by atoms with Crippen molar-refractivity contribution in [2.75, 3.05) is 19.0 Å². The topological polar surface area (TPSA) is 29.5 Å². The molecule has 0 spiro atoms. The van der Waals surface area contributed by atoms with Crippen LogP contribution in [-0.2, 0) is 9.53 Å². The highest BCUT2D eigenvalue weighted by Crippen LogP contribution is 2.14. The second kappa shape index (κ2) is 10.0. The molecule has 0 amide bonds. The van der Waals surface area contributed by atoms with Crippen molar-refractivity contribution < 1.29 is 9.53 Å². The molecular weight excluding hydrogens is 274 g/mol. The summed E-state index contributed by atoms with van der Waals surface area (Å²) in [4.78, 5) is 13.9. The molecule has 3 nitrogen and oxygen atoms in total. The van der Waals surface area contributed by atoms with E-state index in [2.05, 4.69) is 13.8 Å². The molecule has 0 bridgehead atoms. The minimum atomic E-state index is -0.250. The summed E-state index contributed by atoms with van der Waals surface area (Å²) in [6.45, 7) is 4.24. The van der Waals surface area contributed by atoms with E-state index in [0.717, 1.165) is 30.5 Å². The van der Waals surface area contributed by atoms with Crippen molar-refractivity contribution >= 4 is 17.7 Å². The van der Waals surface area contributed by atoms with Crippen LogP contribution in [0.5, 0.6) is 0 Å². The lowest BCUT2D eigenvalue weighted by Gasteiger charge is -2.14. The van der Waals surface area contributed by atoms with Gasteiger partial charge in [0.25, 0.3) is 0 Å². The molecule has 122 valence electrons. The Morgan fingerprint density at radius 1 is 1.18 bits per heavy atom. The van der Waals surface area contributed by atoms with E-state index in [-0.39, 0.29) is 12.1 Å². The molecule has 0 aliphatic carbocycles. The Bertz CT molecular complexity index is 463. The lowest BCUT2D eigenvalue weighted by atomic mass is 10.1. The molecule has 0 saturated heterocycles. The van der Waals surface area contributed by atoms with Crippen LogP contribution in [0.25, 0.3) is 6.08 Å². The van der Waals surface area contributed by atoms with E-state index >= 15 is 0 Å². The number of carbonyl (C=O) groups is 1. The molecule has 0 saturated carbocycles. The van der Waals surface area contributed by atoms with E-state index in [4.69, 9.17) is 4.74 Å². The molecule has 0 aliphatic rings. The van der Waals surface area contributed by atoms with Gasteiger partial charge in [-0.1, -0.05) is 38.8 Å². The van der Waals surface area contributed by atoms with Crippen LogP contribution in [0.3, 0.4) is 0 Å². The van der Waals surface area contributed by atoms with Gasteiger partial charge in [0.05, 0.1) is 0 Å². The Morgan fingerprint density at radius 2 is 1.86 bits per heavy atom. The summed E-state index contributed by atoms with van der Waals surface area (Å²) < 4.78 is 5.50. The van der Waals surface area contributed by atoms with Gasteiger partial charge < -0.3 is 9.64 Å². The number of esters is 1. The normalized spacial score (nSPS) is 12.4. The molecule has 0 heterocycles. The van der Waals surface area contributed by atoms with Crippen LogP contribution in [0.15, 0.2) is 30.3 Å². The maximum atomic E-state index is 11.9. The van der Waals surface area contributed by atoms with Gasteiger partial charge in [0, 0.05) is 25.9 Å². The number of benzene rings is 1. The molecule has 0 aliphatic heterocycles. The van der Waals surface area contributed by atoms with Gasteiger partial charge in [-0.15, -0.1) is 0 Å². The Kier molecular flexibility index (Phi) is 8.34. The number of anilines is 1. The molecule has 0 fully saturated rings. The zero-order valence-corrected chi connectivity index (χ0v) is 14.3. The van der Waals surface area contributed by atoms with Crippen LogP contribution in [0, 0.1) is 0 Å². The monoisotopic (exact) mass is 303 g/mol. The Labute approximate surface area is 135 Å². The minimum absolute atomic E-state index is 0.0415. The van der Waals surface area contributed by atoms with Crippen molar-refractivity contribution in [3.63, 3.8) is 0 Å². The molecule has 1 atom stereocenters. The predicted octanol–water partition coefficient (Wildman–Crippen LogP) is 4.67. The van der Waals surface area contributed by atoms with Gasteiger partial charge in [-0.05, 0) is 43.0 Å². The number of nitrogens with zero attached hydrogens (tertiary/aromatic N) is 1. The van der Waals surface area contributed by atoms with Crippen LogP contribution in [-0.4, -0.2) is 26.2 Å². The molecular formula is C19H29NO2. The summed E-state index contributed by atoms with van der Waals surface area (Å²) in [5, 5.41) is 0. The zero-order valence-electron chi connectivity index (χ0n) is 14.3. The van der Waals surface area contributed by atoms with Crippen molar-refractivity contribution in [1.29, 1.82) is 0 Å². The summed E-state index contributed by atoms with van der Waals surface area (Å²) in [5.74, 6) is -0.250. The molecule has 0 radical (unpaired) electrons. The van der Waals surface area contributed by atoms with Gasteiger partial charge in [0.15, 0.2) is 0 Å². The van der Waals surface area contributed by atoms with Crippen LogP contribution in [0.4, 0.5) is 5.69 Å². The number of hydrogen-bond donors (Lipinski definition) is 0. The Balaban J connectivity index is 2.48. The molecule has 1 rings (SSSR count). The van der Waals surface area contributed by atoms with Crippen molar-refractivity contribution in [3.05, 3.63) is 35.9 Å². The van der Waals surface area contributed by atoms with E-state index in [1.54, 1.807) is 6.08 Å². The smallest absolute Gasteiger partial charge is 0.331 e. The quantitative estimate of drug-likeness (QED) is 0.377. The van der Waals surface area contributed by atoms with E-state index < -0.39 is 0 Å². The fraction of sp³-hybridized carbons (Fsp3) is 0.526. The van der Waals surface area contributed by atoms with Crippen molar-refractivity contribution in [2.45, 2.75) is 52.1 Å². The summed E-state index contributed by atoms with van der Waals surface area (Å²) >= 11 is 0. The van der Waals surface area contributed by atoms with Gasteiger partial charge in [-0.3, -0.25) is 0 Å². The van der Waals surface area contributed by atoms with E-state index in [1.807, 2.05) is 43.3 Å². The van der Waals surface area contributed by atoms with Gasteiger partial charge in [0.2, 0.25) is 0 Å². The fourth-order valence-corrected chi connectivity index (χ4v) is 2.22. The van der Waals surface area contributed by atoms with Crippen LogP contribution < -0.4 is 4.90 Å². The summed E-state index contributed by atoms with van der Waals surface area (Å²) in [6.07, 6.45) is 8.71. The Morgan fingerprint density at radius 3 is 2.41 bits per heavy atom. The zero-order chi connectivity index (χ0) is 16.4. The molecule has 0 N–H and O–H groups in total. The highest BCUT2D eigenvalue weighted by molar-refractivity contribution is 5.87. The summed E-state index contributed by atoms with van der Waals surface area (Å²) in [7, 11) is 4.01. The van der Waals surface area contributed by atoms with Crippen LogP contribution >= 0.6 is 0 Å². The van der Waals surface area contributed by atoms with Crippen LogP contribution in [0.1, 0.15) is 51.5 Å². The largest absolute Gasteiger partial charge is 0.459 e. The number of unbranched alkanes of at least 4 members (excludes halogenated alkanes) is 2. The maximum Gasteiger partial charge on any atom is 0.331 e. The SMILES string of the molecule is CCCCCC(CC)OC(=O)/C=C/c1ccc(N(C)C)cc1. The van der Waals surface area contributed by atoms with E-state index in [1.165, 1.54) is 18.9 Å². The molecule has 1 unspecified atom stereocenters. The highest BCUT2D eigenvalue weighted by Gasteiger charge is 2.09. The van der Waals surface area contributed by atoms with Gasteiger partial charge in [-0.25, -0.2) is 4.79 Å². The third-order valence-corrected chi connectivity index (χ3v) is 3.69. The van der Waals surface area contributed by atoms with E-state index in [0.29, 0.717) is 0 Å². The van der Waals surface area contributed by atoms with Gasteiger partial charge >= 0.3 is 5.97 Å². The average Bonchev–Trinajstić information content (AvgIpc) is 2.52. The van der Waals surface area contributed by atoms with Gasteiger partial charge in [0.1, 0.15) is 6.10 Å². The molecule has 3 heteroatoms. The molecule has 1 aromatic rings. The standard InChI is InChI=1S/C19H29NO2/c1-5-7-8-9-18(6-2)22-19(21)15-12-16-10-13-17(14-11-16)20(3)4/h10-15,18H,5-9H2,1-4H3/b15-12+. The first-order valence-electron chi connectivity index (χ1n) is 8.22. The number of hydrogen-bond acceptors (Lipinski definition) is 3. The second-order valence-corrected chi connectivity index (χ2v) is 5.78. The van der Waals surface area contributed by atoms with E-state index in [9.17, 15) is 4.79 Å². The minimum Gasteiger partial charge on any atom is -0.459 e. The van der Waals surface area contributed by atoms with Crippen molar-refractivity contribution in [3.8, 4) is 0 Å². The molecule has 1 aromatic carbocycles. The lowest BCUT2D eigenvalue weighted by molar-refractivity contribution is -0.143. The number of rotatable bonds is 9. The summed E-state index contributed by atoms with van der Waals surface area (Å²) in [5.41, 5.74) is 2.14. The first-order valence-corrected chi connectivity index (χ1v) is 8.22. The predicted molar refractivity (Wildman–Crippen MR) is 94.1 cm³/mol. The lowest BCUT2D eigenvalue weighted by Crippen LogP contribution is -2.15. The van der Waals surface area contributed by atoms with Gasteiger partial charge in [-0.2, -0.15) is 0 Å². The number of ether oxygens (including phenoxy) is 1. The third kappa shape index (κ3) is 6.79. The molecule has 22 heavy (non-hydrogen) atoms. The van der Waals surface area contributed by atoms with Crippen LogP contribution in [0.2, 0.25) is 0 Å². The Hall–Kier alpha value is -1.77. The van der Waals surface area contributed by atoms with Crippen molar-refractivity contribution in [1.82, 2.24) is 0 Å². The first-order chi connectivity index (χ1) is 10.6. The maximum absolute atomic E-state index is 11.9. The van der Waals surface area contributed by atoms with Crippen molar-refractivity contribution in [2.24, 2.45) is 0 Å².